The van der Waals surface area contributed by atoms with E-state index in [2.05, 4.69) is 20.8 Å². The molecule has 0 saturated carbocycles. The van der Waals surface area contributed by atoms with Crippen LogP contribution >= 0.6 is 0 Å². The SMILES string of the molecule is COc1cccc(COC(C)C(=O)OCCC(C)(C)C)c1. The van der Waals surface area contributed by atoms with Gasteiger partial charge in [0.25, 0.3) is 0 Å². The van der Waals surface area contributed by atoms with Gasteiger partial charge in [0.15, 0.2) is 6.10 Å². The van der Waals surface area contributed by atoms with Crippen LogP contribution in [0.3, 0.4) is 0 Å². The highest BCUT2D eigenvalue weighted by atomic mass is 16.6. The molecule has 118 valence electrons. The molecule has 1 aromatic carbocycles. The van der Waals surface area contributed by atoms with E-state index in [9.17, 15) is 4.79 Å². The van der Waals surface area contributed by atoms with Gasteiger partial charge in [-0.15, -0.1) is 0 Å². The summed E-state index contributed by atoms with van der Waals surface area (Å²) < 4.78 is 15.9. The molecule has 1 rings (SSSR count). The van der Waals surface area contributed by atoms with Crippen LogP contribution < -0.4 is 4.74 Å². The zero-order valence-electron chi connectivity index (χ0n) is 13.6. The van der Waals surface area contributed by atoms with Crippen LogP contribution in [0.2, 0.25) is 0 Å². The number of rotatable bonds is 7. The van der Waals surface area contributed by atoms with Crippen LogP contribution in [0.1, 0.15) is 39.7 Å². The van der Waals surface area contributed by atoms with Crippen molar-refractivity contribution in [1.82, 2.24) is 0 Å². The lowest BCUT2D eigenvalue weighted by Gasteiger charge is -2.19. The first-order chi connectivity index (χ1) is 9.81. The average molecular weight is 294 g/mol. The summed E-state index contributed by atoms with van der Waals surface area (Å²) in [6, 6.07) is 7.58. The summed E-state index contributed by atoms with van der Waals surface area (Å²) in [6.07, 6.45) is 0.262. The van der Waals surface area contributed by atoms with E-state index < -0.39 is 6.10 Å². The number of carbonyl (C=O) groups is 1. The van der Waals surface area contributed by atoms with Crippen LogP contribution in [0.15, 0.2) is 24.3 Å². The standard InChI is InChI=1S/C17H26O4/c1-13(16(18)20-10-9-17(2,3)4)21-12-14-7-6-8-15(11-14)19-5/h6-8,11,13H,9-10,12H2,1-5H3. The first-order valence-electron chi connectivity index (χ1n) is 7.23. The molecule has 0 bridgehead atoms. The molecule has 0 N–H and O–H groups in total. The first kappa shape index (κ1) is 17.5. The maximum Gasteiger partial charge on any atom is 0.334 e. The number of benzene rings is 1. The summed E-state index contributed by atoms with van der Waals surface area (Å²) in [5.41, 5.74) is 1.12. The van der Waals surface area contributed by atoms with Gasteiger partial charge in [0.2, 0.25) is 0 Å². The number of hydrogen-bond donors (Lipinski definition) is 0. The fraction of sp³-hybridized carbons (Fsp3) is 0.588. The summed E-state index contributed by atoms with van der Waals surface area (Å²) in [4.78, 5) is 11.8. The Balaban J connectivity index is 2.35. The number of methoxy groups -OCH3 is 1. The molecule has 0 aromatic heterocycles. The van der Waals surface area contributed by atoms with Gasteiger partial charge in [-0.3, -0.25) is 0 Å². The summed E-state index contributed by atoms with van der Waals surface area (Å²) in [5.74, 6) is 0.457. The van der Waals surface area contributed by atoms with E-state index in [1.807, 2.05) is 24.3 Å². The summed E-state index contributed by atoms with van der Waals surface area (Å²) in [7, 11) is 1.62. The van der Waals surface area contributed by atoms with Gasteiger partial charge < -0.3 is 14.2 Å². The molecule has 0 radical (unpaired) electrons. The van der Waals surface area contributed by atoms with E-state index in [-0.39, 0.29) is 11.4 Å². The molecule has 21 heavy (non-hydrogen) atoms. The van der Waals surface area contributed by atoms with E-state index in [0.29, 0.717) is 13.2 Å². The van der Waals surface area contributed by atoms with Gasteiger partial charge in [-0.05, 0) is 36.5 Å². The quantitative estimate of drug-likeness (QED) is 0.721. The molecule has 4 heteroatoms. The second kappa shape index (κ2) is 8.03. The Morgan fingerprint density at radius 1 is 1.29 bits per heavy atom. The van der Waals surface area contributed by atoms with Crippen molar-refractivity contribution >= 4 is 5.97 Å². The van der Waals surface area contributed by atoms with Gasteiger partial charge in [0, 0.05) is 0 Å². The second-order valence-electron chi connectivity index (χ2n) is 6.28. The van der Waals surface area contributed by atoms with Crippen molar-refractivity contribution in [3.63, 3.8) is 0 Å². The van der Waals surface area contributed by atoms with Crippen molar-refractivity contribution in [3.8, 4) is 5.75 Å². The normalized spacial score (nSPS) is 12.8. The summed E-state index contributed by atoms with van der Waals surface area (Å²) >= 11 is 0. The lowest BCUT2D eigenvalue weighted by molar-refractivity contribution is -0.157. The van der Waals surface area contributed by atoms with Gasteiger partial charge in [-0.25, -0.2) is 4.79 Å². The molecule has 0 heterocycles. The number of ether oxygens (including phenoxy) is 3. The second-order valence-corrected chi connectivity index (χ2v) is 6.28. The molecule has 0 saturated heterocycles. The van der Waals surface area contributed by atoms with Gasteiger partial charge >= 0.3 is 5.97 Å². The van der Waals surface area contributed by atoms with Crippen molar-refractivity contribution in [3.05, 3.63) is 29.8 Å². The van der Waals surface area contributed by atoms with Crippen molar-refractivity contribution in [1.29, 1.82) is 0 Å². The molecule has 4 nitrogen and oxygen atoms in total. The van der Waals surface area contributed by atoms with Crippen molar-refractivity contribution in [2.75, 3.05) is 13.7 Å². The van der Waals surface area contributed by atoms with E-state index >= 15 is 0 Å². The van der Waals surface area contributed by atoms with Gasteiger partial charge in [0.05, 0.1) is 20.3 Å². The number of carbonyl (C=O) groups excluding carboxylic acids is 1. The molecule has 0 spiro atoms. The Hall–Kier alpha value is -1.55. The molecule has 1 aromatic rings. The van der Waals surface area contributed by atoms with E-state index in [1.54, 1.807) is 14.0 Å². The van der Waals surface area contributed by atoms with Crippen LogP contribution in [-0.4, -0.2) is 25.8 Å². The Bertz CT molecular complexity index is 448. The molecule has 1 unspecified atom stereocenters. The maximum absolute atomic E-state index is 11.8. The molecule has 0 aliphatic carbocycles. The summed E-state index contributed by atoms with van der Waals surface area (Å²) in [6.45, 7) is 8.83. The Labute approximate surface area is 127 Å². The Morgan fingerprint density at radius 2 is 2.00 bits per heavy atom. The molecular formula is C17H26O4. The highest BCUT2D eigenvalue weighted by molar-refractivity contribution is 5.74. The van der Waals surface area contributed by atoms with Gasteiger partial charge in [-0.2, -0.15) is 0 Å². The van der Waals surface area contributed by atoms with Gasteiger partial charge in [0.1, 0.15) is 5.75 Å². The molecular weight excluding hydrogens is 268 g/mol. The Kier molecular flexibility index (Phi) is 6.69. The van der Waals surface area contributed by atoms with E-state index in [4.69, 9.17) is 14.2 Å². The molecule has 0 amide bonds. The Morgan fingerprint density at radius 3 is 2.62 bits per heavy atom. The van der Waals surface area contributed by atoms with E-state index in [0.717, 1.165) is 17.7 Å². The zero-order valence-corrected chi connectivity index (χ0v) is 13.6. The topological polar surface area (TPSA) is 44.8 Å². The van der Waals surface area contributed by atoms with Crippen molar-refractivity contribution in [2.45, 2.75) is 46.8 Å². The van der Waals surface area contributed by atoms with Crippen LogP contribution in [0, 0.1) is 5.41 Å². The molecule has 0 aliphatic rings. The predicted octanol–water partition coefficient (Wildman–Crippen LogP) is 3.58. The minimum absolute atomic E-state index is 0.158. The summed E-state index contributed by atoms with van der Waals surface area (Å²) in [5, 5.41) is 0. The third kappa shape index (κ3) is 7.14. The largest absolute Gasteiger partial charge is 0.497 e. The highest BCUT2D eigenvalue weighted by Gasteiger charge is 2.17. The lowest BCUT2D eigenvalue weighted by Crippen LogP contribution is -2.24. The third-order valence-corrected chi connectivity index (χ3v) is 3.06. The zero-order chi connectivity index (χ0) is 15.9. The fourth-order valence-corrected chi connectivity index (χ4v) is 1.63. The first-order valence-corrected chi connectivity index (χ1v) is 7.23. The third-order valence-electron chi connectivity index (χ3n) is 3.06. The van der Waals surface area contributed by atoms with Crippen LogP contribution in [0.5, 0.6) is 5.75 Å². The monoisotopic (exact) mass is 294 g/mol. The minimum Gasteiger partial charge on any atom is -0.497 e. The molecule has 0 aliphatic heterocycles. The average Bonchev–Trinajstić information content (AvgIpc) is 2.43. The number of esters is 1. The lowest BCUT2D eigenvalue weighted by atomic mass is 9.93. The minimum atomic E-state index is -0.573. The van der Waals surface area contributed by atoms with Crippen LogP contribution in [-0.2, 0) is 20.9 Å². The van der Waals surface area contributed by atoms with Crippen molar-refractivity contribution in [2.24, 2.45) is 5.41 Å². The van der Waals surface area contributed by atoms with Crippen LogP contribution in [0.25, 0.3) is 0 Å². The number of hydrogen-bond acceptors (Lipinski definition) is 4. The molecule has 1 atom stereocenters. The highest BCUT2D eigenvalue weighted by Crippen LogP contribution is 2.18. The van der Waals surface area contributed by atoms with E-state index in [1.165, 1.54) is 0 Å². The maximum atomic E-state index is 11.8. The molecule has 0 fully saturated rings. The smallest absolute Gasteiger partial charge is 0.334 e. The van der Waals surface area contributed by atoms with Crippen molar-refractivity contribution < 1.29 is 19.0 Å². The van der Waals surface area contributed by atoms with Gasteiger partial charge in [-0.1, -0.05) is 32.9 Å². The predicted molar refractivity (Wildman–Crippen MR) is 82.3 cm³/mol. The fourth-order valence-electron chi connectivity index (χ4n) is 1.63. The van der Waals surface area contributed by atoms with Crippen LogP contribution in [0.4, 0.5) is 0 Å².